The first-order valence-corrected chi connectivity index (χ1v) is 28.8. The lowest BCUT2D eigenvalue weighted by Crippen LogP contribution is -2.30. The van der Waals surface area contributed by atoms with Crippen LogP contribution in [-0.2, 0) is 28.6 Å². The van der Waals surface area contributed by atoms with Crippen molar-refractivity contribution in [1.82, 2.24) is 0 Å². The Morgan fingerprint density at radius 2 is 0.547 bits per heavy atom. The molecule has 0 bridgehead atoms. The average molecular weight is 906 g/mol. The van der Waals surface area contributed by atoms with Crippen molar-refractivity contribution in [3.8, 4) is 0 Å². The number of esters is 3. The highest BCUT2D eigenvalue weighted by Gasteiger charge is 2.19. The molecule has 3 atom stereocenters. The van der Waals surface area contributed by atoms with Crippen molar-refractivity contribution in [2.45, 2.75) is 330 Å². The van der Waals surface area contributed by atoms with E-state index in [1.807, 2.05) is 0 Å². The molecule has 0 aromatic carbocycles. The van der Waals surface area contributed by atoms with Crippen molar-refractivity contribution < 1.29 is 28.6 Å². The number of hydrogen-bond donors (Lipinski definition) is 0. The first kappa shape index (κ1) is 62.4. The molecule has 0 radical (unpaired) electrons. The van der Waals surface area contributed by atoms with E-state index >= 15 is 0 Å². The second-order valence-electron chi connectivity index (χ2n) is 20.4. The predicted molar refractivity (Wildman–Crippen MR) is 275 cm³/mol. The summed E-state index contributed by atoms with van der Waals surface area (Å²) in [6, 6.07) is 0. The maximum atomic E-state index is 12.8. The second kappa shape index (κ2) is 50.8. The molecule has 0 aliphatic rings. The SMILES string of the molecule is CCCCCCCCCCCCCCCCC(=O)O[C@@H](COC(=O)CCCCCCCCCCCCCCCCCCCCC(C)CC)COC(=O)CCCCCCCCC(C)CC. The topological polar surface area (TPSA) is 78.9 Å². The molecule has 0 rings (SSSR count). The highest BCUT2D eigenvalue weighted by molar-refractivity contribution is 5.71. The molecule has 0 saturated heterocycles. The first-order valence-electron chi connectivity index (χ1n) is 28.8. The fourth-order valence-electron chi connectivity index (χ4n) is 8.81. The third-order valence-corrected chi connectivity index (χ3v) is 13.9. The summed E-state index contributed by atoms with van der Waals surface area (Å²) in [7, 11) is 0. The Balaban J connectivity index is 4.20. The van der Waals surface area contributed by atoms with Gasteiger partial charge in [-0.15, -0.1) is 0 Å². The maximum absolute atomic E-state index is 12.8. The van der Waals surface area contributed by atoms with Gasteiger partial charge in [-0.3, -0.25) is 14.4 Å². The van der Waals surface area contributed by atoms with Gasteiger partial charge >= 0.3 is 17.9 Å². The van der Waals surface area contributed by atoms with Gasteiger partial charge in [0.25, 0.3) is 0 Å². The van der Waals surface area contributed by atoms with Crippen LogP contribution in [0.5, 0.6) is 0 Å². The Kier molecular flexibility index (Phi) is 49.6. The third-order valence-electron chi connectivity index (χ3n) is 13.9. The molecule has 6 heteroatoms. The van der Waals surface area contributed by atoms with Crippen molar-refractivity contribution in [3.63, 3.8) is 0 Å². The van der Waals surface area contributed by atoms with Gasteiger partial charge in [-0.05, 0) is 31.1 Å². The summed E-state index contributed by atoms with van der Waals surface area (Å²) in [6.45, 7) is 11.4. The number of ether oxygens (including phenoxy) is 3. The largest absolute Gasteiger partial charge is 0.462 e. The number of unbranched alkanes of at least 4 members (excludes halogenated alkanes) is 35. The fraction of sp³-hybridized carbons (Fsp3) is 0.948. The smallest absolute Gasteiger partial charge is 0.306 e. The van der Waals surface area contributed by atoms with Gasteiger partial charge in [0.15, 0.2) is 6.10 Å². The third kappa shape index (κ3) is 48.3. The Morgan fingerprint density at radius 3 is 0.812 bits per heavy atom. The fourth-order valence-corrected chi connectivity index (χ4v) is 8.81. The monoisotopic (exact) mass is 905 g/mol. The van der Waals surface area contributed by atoms with Gasteiger partial charge in [0.05, 0.1) is 0 Å². The molecule has 0 spiro atoms. The van der Waals surface area contributed by atoms with Crippen molar-refractivity contribution in [2.24, 2.45) is 11.8 Å². The zero-order valence-corrected chi connectivity index (χ0v) is 43.9. The van der Waals surface area contributed by atoms with Crippen molar-refractivity contribution >= 4 is 17.9 Å². The standard InChI is InChI=1S/C58H112O6/c1-6-9-10-11-12-13-14-15-23-27-30-33-40-45-50-58(61)64-55(52-63-57(60)49-44-39-35-34-37-42-47-54(5)8-3)51-62-56(59)48-43-38-32-29-26-24-21-19-17-16-18-20-22-25-28-31-36-41-46-53(4)7-2/h53-55H,6-52H2,1-5H3/t53?,54?,55-/m0/s1. The zero-order valence-electron chi connectivity index (χ0n) is 43.9. The molecule has 64 heavy (non-hydrogen) atoms. The van der Waals surface area contributed by atoms with Crippen LogP contribution < -0.4 is 0 Å². The van der Waals surface area contributed by atoms with Gasteiger partial charge in [-0.25, -0.2) is 0 Å². The summed E-state index contributed by atoms with van der Waals surface area (Å²) in [5, 5.41) is 0. The molecule has 0 amide bonds. The molecule has 0 fully saturated rings. The summed E-state index contributed by atoms with van der Waals surface area (Å²) < 4.78 is 16.9. The van der Waals surface area contributed by atoms with E-state index in [4.69, 9.17) is 14.2 Å². The minimum absolute atomic E-state index is 0.0635. The Hall–Kier alpha value is -1.59. The van der Waals surface area contributed by atoms with Crippen LogP contribution >= 0.6 is 0 Å². The van der Waals surface area contributed by atoms with Crippen LogP contribution in [0.25, 0.3) is 0 Å². The van der Waals surface area contributed by atoms with E-state index in [1.165, 1.54) is 212 Å². The highest BCUT2D eigenvalue weighted by Crippen LogP contribution is 2.19. The highest BCUT2D eigenvalue weighted by atomic mass is 16.6. The molecule has 0 aliphatic carbocycles. The number of carbonyl (C=O) groups excluding carboxylic acids is 3. The molecule has 0 saturated carbocycles. The number of carbonyl (C=O) groups is 3. The van der Waals surface area contributed by atoms with E-state index in [9.17, 15) is 14.4 Å². The van der Waals surface area contributed by atoms with Gasteiger partial charge in [-0.2, -0.15) is 0 Å². The molecule has 6 nitrogen and oxygen atoms in total. The molecule has 0 aliphatic heterocycles. The van der Waals surface area contributed by atoms with Gasteiger partial charge in [0, 0.05) is 19.3 Å². The first-order chi connectivity index (χ1) is 31.3. The van der Waals surface area contributed by atoms with Crippen LogP contribution in [0.3, 0.4) is 0 Å². The zero-order chi connectivity index (χ0) is 46.8. The molecule has 2 unspecified atom stereocenters. The van der Waals surface area contributed by atoms with Crippen molar-refractivity contribution in [2.75, 3.05) is 13.2 Å². The molecule has 380 valence electrons. The lowest BCUT2D eigenvalue weighted by molar-refractivity contribution is -0.167. The summed E-state index contributed by atoms with van der Waals surface area (Å²) in [5.74, 6) is 0.880. The van der Waals surface area contributed by atoms with E-state index in [-0.39, 0.29) is 31.1 Å². The van der Waals surface area contributed by atoms with E-state index in [2.05, 4.69) is 34.6 Å². The van der Waals surface area contributed by atoms with Crippen molar-refractivity contribution in [1.29, 1.82) is 0 Å². The summed E-state index contributed by atoms with van der Waals surface area (Å²) in [6.07, 6.45) is 53.8. The second-order valence-corrected chi connectivity index (χ2v) is 20.4. The van der Waals surface area contributed by atoms with Crippen molar-refractivity contribution in [3.05, 3.63) is 0 Å². The molecule has 0 aromatic rings. The van der Waals surface area contributed by atoms with Crippen LogP contribution in [0.1, 0.15) is 324 Å². The van der Waals surface area contributed by atoms with E-state index in [1.54, 1.807) is 0 Å². The van der Waals surface area contributed by atoms with Gasteiger partial charge in [0.2, 0.25) is 0 Å². The van der Waals surface area contributed by atoms with Crippen LogP contribution in [0.4, 0.5) is 0 Å². The normalized spacial score (nSPS) is 12.9. The lowest BCUT2D eigenvalue weighted by atomic mass is 9.99. The van der Waals surface area contributed by atoms with Crippen LogP contribution in [-0.4, -0.2) is 37.2 Å². The van der Waals surface area contributed by atoms with Gasteiger partial charge in [-0.1, -0.05) is 285 Å². The molecule has 0 N–H and O–H groups in total. The minimum Gasteiger partial charge on any atom is -0.462 e. The Labute approximate surface area is 399 Å². The van der Waals surface area contributed by atoms with E-state index in [0.717, 1.165) is 69.6 Å². The molecule has 0 heterocycles. The molecule has 0 aromatic heterocycles. The predicted octanol–water partition coefficient (Wildman–Crippen LogP) is 18.9. The summed E-state index contributed by atoms with van der Waals surface area (Å²) in [4.78, 5) is 38.0. The maximum Gasteiger partial charge on any atom is 0.306 e. The van der Waals surface area contributed by atoms with Crippen LogP contribution in [0.2, 0.25) is 0 Å². The quantitative estimate of drug-likeness (QED) is 0.0344. The summed E-state index contributed by atoms with van der Waals surface area (Å²) >= 11 is 0. The van der Waals surface area contributed by atoms with Gasteiger partial charge < -0.3 is 14.2 Å². The lowest BCUT2D eigenvalue weighted by Gasteiger charge is -2.18. The Morgan fingerprint density at radius 1 is 0.312 bits per heavy atom. The van der Waals surface area contributed by atoms with Crippen LogP contribution in [0.15, 0.2) is 0 Å². The Bertz CT molecular complexity index is 982. The number of hydrogen-bond acceptors (Lipinski definition) is 6. The van der Waals surface area contributed by atoms with E-state index < -0.39 is 6.10 Å². The number of rotatable bonds is 52. The minimum atomic E-state index is -0.763. The molecular weight excluding hydrogens is 793 g/mol. The van der Waals surface area contributed by atoms with Crippen LogP contribution in [0, 0.1) is 11.8 Å². The van der Waals surface area contributed by atoms with E-state index in [0.29, 0.717) is 19.3 Å². The van der Waals surface area contributed by atoms with Gasteiger partial charge in [0.1, 0.15) is 13.2 Å². The molecular formula is C58H112O6. The average Bonchev–Trinajstić information content (AvgIpc) is 3.29. The summed E-state index contributed by atoms with van der Waals surface area (Å²) in [5.41, 5.74) is 0.